The average Bonchev–Trinajstić information content (AvgIpc) is 2.90. The molecule has 0 aromatic carbocycles. The number of carboxylic acid groups (broad SMARTS) is 1. The first-order chi connectivity index (χ1) is 10.2. The third kappa shape index (κ3) is 7.38. The molecule has 0 unspecified atom stereocenters. The molecule has 0 fully saturated rings. The van der Waals surface area contributed by atoms with E-state index in [1.165, 1.54) is 37.0 Å². The first-order valence-corrected chi connectivity index (χ1v) is 8.27. The number of anilines is 1. The molecule has 6 nitrogen and oxygen atoms in total. The molecule has 1 aromatic rings. The Morgan fingerprint density at radius 2 is 2.00 bits per heavy atom. The normalized spacial score (nSPS) is 10.8. The van der Waals surface area contributed by atoms with E-state index in [1.807, 2.05) is 4.90 Å². The number of carboxylic acids is 1. The van der Waals surface area contributed by atoms with Crippen LogP contribution in [0.1, 0.15) is 50.5 Å². The van der Waals surface area contributed by atoms with Crippen LogP contribution in [0.5, 0.6) is 0 Å². The molecular weight excluding hydrogens is 290 g/mol. The summed E-state index contributed by atoms with van der Waals surface area (Å²) in [4.78, 5) is 12.8. The number of methoxy groups -OCH3 is 1. The minimum atomic E-state index is -0.785. The largest absolute Gasteiger partial charge is 0.481 e. The van der Waals surface area contributed by atoms with E-state index in [0.717, 1.165) is 23.1 Å². The van der Waals surface area contributed by atoms with Gasteiger partial charge >= 0.3 is 5.97 Å². The lowest BCUT2D eigenvalue weighted by Crippen LogP contribution is -2.27. The van der Waals surface area contributed by atoms with Gasteiger partial charge in [-0.05, 0) is 6.42 Å². The molecule has 1 rings (SSSR count). The van der Waals surface area contributed by atoms with E-state index in [0.29, 0.717) is 13.2 Å². The quantitative estimate of drug-likeness (QED) is 0.598. The Hall–Kier alpha value is -1.21. The lowest BCUT2D eigenvalue weighted by Gasteiger charge is -2.20. The number of aromatic nitrogens is 2. The second-order valence-electron chi connectivity index (χ2n) is 4.96. The van der Waals surface area contributed by atoms with Crippen molar-refractivity contribution in [2.75, 3.05) is 25.1 Å². The zero-order valence-electron chi connectivity index (χ0n) is 12.9. The summed E-state index contributed by atoms with van der Waals surface area (Å²) in [5.74, 6) is -0.785. The summed E-state index contributed by atoms with van der Waals surface area (Å²) in [5.41, 5.74) is 0. The zero-order valence-corrected chi connectivity index (χ0v) is 13.7. The molecule has 0 amide bonds. The van der Waals surface area contributed by atoms with Crippen LogP contribution >= 0.6 is 11.3 Å². The van der Waals surface area contributed by atoms with Crippen molar-refractivity contribution in [1.82, 2.24) is 10.2 Å². The predicted molar refractivity (Wildman–Crippen MR) is 83.8 cm³/mol. The first kappa shape index (κ1) is 17.8. The molecule has 0 saturated carbocycles. The van der Waals surface area contributed by atoms with Crippen molar-refractivity contribution < 1.29 is 14.6 Å². The van der Waals surface area contributed by atoms with E-state index in [-0.39, 0.29) is 6.42 Å². The Kier molecular flexibility index (Phi) is 8.93. The van der Waals surface area contributed by atoms with Crippen LogP contribution in [0.25, 0.3) is 0 Å². The maximum absolute atomic E-state index is 10.8. The van der Waals surface area contributed by atoms with Gasteiger partial charge in [0.05, 0.1) is 6.42 Å². The number of aliphatic carboxylic acids is 1. The number of nitrogens with zero attached hydrogens (tertiary/aromatic N) is 3. The van der Waals surface area contributed by atoms with E-state index >= 15 is 0 Å². The molecular formula is C14H25N3O3S. The SMILES string of the molecule is CCCCCCCN(CCC(=O)O)c1nnc(COC)s1. The van der Waals surface area contributed by atoms with Crippen LogP contribution in [-0.4, -0.2) is 41.5 Å². The molecule has 0 saturated heterocycles. The van der Waals surface area contributed by atoms with Gasteiger partial charge in [-0.1, -0.05) is 43.9 Å². The van der Waals surface area contributed by atoms with E-state index in [9.17, 15) is 4.79 Å². The zero-order chi connectivity index (χ0) is 15.5. The standard InChI is InChI=1S/C14H25N3O3S/c1-3-4-5-6-7-9-17(10-8-13(18)19)14-16-15-12(21-14)11-20-2/h3-11H2,1-2H3,(H,18,19). The summed E-state index contributed by atoms with van der Waals surface area (Å²) in [5, 5.41) is 18.7. The Bertz CT molecular complexity index is 412. The van der Waals surface area contributed by atoms with Crippen LogP contribution in [0.15, 0.2) is 0 Å². The molecule has 1 N–H and O–H groups in total. The third-order valence-corrected chi connectivity index (χ3v) is 4.08. The molecule has 1 aromatic heterocycles. The summed E-state index contributed by atoms with van der Waals surface area (Å²) >= 11 is 1.47. The fourth-order valence-electron chi connectivity index (χ4n) is 1.99. The highest BCUT2D eigenvalue weighted by molar-refractivity contribution is 7.15. The molecule has 0 atom stereocenters. The smallest absolute Gasteiger partial charge is 0.305 e. The monoisotopic (exact) mass is 315 g/mol. The van der Waals surface area contributed by atoms with Gasteiger partial charge < -0.3 is 14.7 Å². The highest BCUT2D eigenvalue weighted by Gasteiger charge is 2.13. The molecule has 0 aliphatic carbocycles. The summed E-state index contributed by atoms with van der Waals surface area (Å²) < 4.78 is 5.04. The van der Waals surface area contributed by atoms with Crippen molar-refractivity contribution in [3.63, 3.8) is 0 Å². The van der Waals surface area contributed by atoms with Gasteiger partial charge in [0, 0.05) is 20.2 Å². The first-order valence-electron chi connectivity index (χ1n) is 7.45. The minimum absolute atomic E-state index is 0.119. The molecule has 120 valence electrons. The van der Waals surface area contributed by atoms with Crippen LogP contribution in [0.2, 0.25) is 0 Å². The van der Waals surface area contributed by atoms with Crippen molar-refractivity contribution >= 4 is 22.4 Å². The van der Waals surface area contributed by atoms with E-state index in [2.05, 4.69) is 17.1 Å². The van der Waals surface area contributed by atoms with Crippen LogP contribution in [0.3, 0.4) is 0 Å². The Morgan fingerprint density at radius 3 is 2.67 bits per heavy atom. The van der Waals surface area contributed by atoms with Gasteiger partial charge in [-0.15, -0.1) is 10.2 Å². The van der Waals surface area contributed by atoms with Crippen molar-refractivity contribution in [2.24, 2.45) is 0 Å². The molecule has 21 heavy (non-hydrogen) atoms. The maximum atomic E-state index is 10.8. The van der Waals surface area contributed by atoms with Crippen molar-refractivity contribution in [2.45, 2.75) is 52.1 Å². The molecule has 7 heteroatoms. The van der Waals surface area contributed by atoms with Gasteiger partial charge in [-0.3, -0.25) is 4.79 Å². The minimum Gasteiger partial charge on any atom is -0.481 e. The Morgan fingerprint density at radius 1 is 1.24 bits per heavy atom. The summed E-state index contributed by atoms with van der Waals surface area (Å²) in [7, 11) is 1.62. The van der Waals surface area contributed by atoms with Crippen molar-refractivity contribution in [3.8, 4) is 0 Å². The Labute approximate surface area is 130 Å². The van der Waals surface area contributed by atoms with E-state index < -0.39 is 5.97 Å². The molecule has 0 aliphatic rings. The maximum Gasteiger partial charge on any atom is 0.305 e. The van der Waals surface area contributed by atoms with Crippen LogP contribution in [0.4, 0.5) is 5.13 Å². The highest BCUT2D eigenvalue weighted by atomic mass is 32.1. The van der Waals surface area contributed by atoms with E-state index in [4.69, 9.17) is 9.84 Å². The van der Waals surface area contributed by atoms with Gasteiger partial charge in [-0.25, -0.2) is 0 Å². The third-order valence-electron chi connectivity index (χ3n) is 3.12. The summed E-state index contributed by atoms with van der Waals surface area (Å²) in [6, 6.07) is 0. The van der Waals surface area contributed by atoms with Gasteiger partial charge in [-0.2, -0.15) is 0 Å². The Balaban J connectivity index is 2.51. The molecule has 1 heterocycles. The fourth-order valence-corrected chi connectivity index (χ4v) is 2.86. The van der Waals surface area contributed by atoms with Crippen LogP contribution < -0.4 is 4.90 Å². The molecule has 0 radical (unpaired) electrons. The number of unbranched alkanes of at least 4 members (excludes halogenated alkanes) is 4. The molecule has 0 spiro atoms. The number of ether oxygens (including phenoxy) is 1. The van der Waals surface area contributed by atoms with Crippen LogP contribution in [-0.2, 0) is 16.1 Å². The van der Waals surface area contributed by atoms with Gasteiger partial charge in [0.2, 0.25) is 5.13 Å². The van der Waals surface area contributed by atoms with Crippen LogP contribution in [0, 0.1) is 0 Å². The van der Waals surface area contributed by atoms with Crippen molar-refractivity contribution in [1.29, 1.82) is 0 Å². The highest BCUT2D eigenvalue weighted by Crippen LogP contribution is 2.21. The lowest BCUT2D eigenvalue weighted by atomic mass is 10.1. The number of rotatable bonds is 12. The van der Waals surface area contributed by atoms with Gasteiger partial charge in [0.15, 0.2) is 0 Å². The summed E-state index contributed by atoms with van der Waals surface area (Å²) in [6.45, 7) is 3.95. The van der Waals surface area contributed by atoms with Crippen molar-refractivity contribution in [3.05, 3.63) is 5.01 Å². The fraction of sp³-hybridized carbons (Fsp3) is 0.786. The number of carbonyl (C=O) groups is 1. The van der Waals surface area contributed by atoms with E-state index in [1.54, 1.807) is 7.11 Å². The predicted octanol–water partition coefficient (Wildman–Crippen LogP) is 2.94. The number of hydrogen-bond acceptors (Lipinski definition) is 6. The number of hydrogen-bond donors (Lipinski definition) is 1. The molecule has 0 bridgehead atoms. The topological polar surface area (TPSA) is 75.6 Å². The second-order valence-corrected chi connectivity index (χ2v) is 6.00. The average molecular weight is 315 g/mol. The van der Waals surface area contributed by atoms with Gasteiger partial charge in [0.1, 0.15) is 11.6 Å². The molecule has 0 aliphatic heterocycles. The summed E-state index contributed by atoms with van der Waals surface area (Å²) in [6.07, 6.45) is 6.05. The van der Waals surface area contributed by atoms with Gasteiger partial charge in [0.25, 0.3) is 0 Å². The second kappa shape index (κ2) is 10.5. The lowest BCUT2D eigenvalue weighted by molar-refractivity contribution is -0.136.